The Kier molecular flexibility index (Phi) is 5.88. The van der Waals surface area contributed by atoms with E-state index in [0.29, 0.717) is 24.2 Å². The summed E-state index contributed by atoms with van der Waals surface area (Å²) in [5.74, 6) is -0.322. The first kappa shape index (κ1) is 20.1. The fourth-order valence-electron chi connectivity index (χ4n) is 2.94. The monoisotopic (exact) mass is 411 g/mol. The number of anilines is 1. The number of benzene rings is 1. The van der Waals surface area contributed by atoms with Crippen molar-refractivity contribution in [3.05, 3.63) is 58.4 Å². The van der Waals surface area contributed by atoms with Gasteiger partial charge in [0.05, 0.1) is 16.3 Å². The predicted molar refractivity (Wildman–Crippen MR) is 98.3 cm³/mol. The van der Waals surface area contributed by atoms with Crippen molar-refractivity contribution in [3.8, 4) is 0 Å². The van der Waals surface area contributed by atoms with E-state index in [-0.39, 0.29) is 35.5 Å². The smallest absolute Gasteiger partial charge is 0.352 e. The minimum Gasteiger partial charge on any atom is -0.352 e. The number of aromatic nitrogens is 1. The molecule has 2 aromatic rings. The van der Waals surface area contributed by atoms with E-state index in [1.807, 2.05) is 0 Å². The molecular formula is C19H17ClF3N3O2. The Hall–Kier alpha value is -2.61. The first-order valence-corrected chi connectivity index (χ1v) is 9.04. The molecule has 28 heavy (non-hydrogen) atoms. The zero-order valence-electron chi connectivity index (χ0n) is 14.7. The van der Waals surface area contributed by atoms with Gasteiger partial charge in [0.1, 0.15) is 0 Å². The summed E-state index contributed by atoms with van der Waals surface area (Å²) in [5, 5.41) is 2.59. The van der Waals surface area contributed by atoms with Gasteiger partial charge < -0.3 is 10.2 Å². The molecule has 3 rings (SSSR count). The highest BCUT2D eigenvalue weighted by molar-refractivity contribution is 6.31. The van der Waals surface area contributed by atoms with Gasteiger partial charge in [-0.2, -0.15) is 13.2 Å². The second-order valence-corrected chi connectivity index (χ2v) is 6.76. The number of halogens is 4. The van der Waals surface area contributed by atoms with E-state index < -0.39 is 11.7 Å². The Bertz CT molecular complexity index is 902. The quantitative estimate of drug-likeness (QED) is 0.812. The second kappa shape index (κ2) is 8.18. The fraction of sp³-hybridized carbons (Fsp3) is 0.316. The molecule has 1 aliphatic rings. The number of carbonyl (C=O) groups excluding carboxylic acids is 2. The third-order valence-electron chi connectivity index (χ3n) is 4.39. The number of amides is 2. The summed E-state index contributed by atoms with van der Waals surface area (Å²) in [6.07, 6.45) is -2.31. The number of nitrogens with one attached hydrogen (secondary N) is 1. The van der Waals surface area contributed by atoms with Crippen LogP contribution in [0.15, 0.2) is 36.5 Å². The predicted octanol–water partition coefficient (Wildman–Crippen LogP) is 3.85. The molecule has 1 aromatic carbocycles. The SMILES string of the molecule is O=C(NCCc1ncc(C(F)(F)F)cc1Cl)c1cccc(N2CCCC2=O)c1. The number of rotatable bonds is 5. The molecule has 0 spiro atoms. The zero-order valence-corrected chi connectivity index (χ0v) is 15.5. The van der Waals surface area contributed by atoms with Crippen LogP contribution in [-0.2, 0) is 17.4 Å². The second-order valence-electron chi connectivity index (χ2n) is 6.36. The first-order valence-electron chi connectivity index (χ1n) is 8.66. The molecule has 1 saturated heterocycles. The minimum atomic E-state index is -4.51. The van der Waals surface area contributed by atoms with Gasteiger partial charge in [0.2, 0.25) is 5.91 Å². The maximum atomic E-state index is 12.6. The summed E-state index contributed by atoms with van der Waals surface area (Å²) in [6, 6.07) is 7.56. The van der Waals surface area contributed by atoms with Crippen molar-refractivity contribution in [1.29, 1.82) is 0 Å². The maximum absolute atomic E-state index is 12.6. The number of carbonyl (C=O) groups is 2. The lowest BCUT2D eigenvalue weighted by Crippen LogP contribution is -2.27. The Morgan fingerprint density at radius 3 is 2.71 bits per heavy atom. The first-order chi connectivity index (χ1) is 13.3. The Labute approximate surface area is 164 Å². The molecular weight excluding hydrogens is 395 g/mol. The van der Waals surface area contributed by atoms with Crippen molar-refractivity contribution < 1.29 is 22.8 Å². The molecule has 0 unspecified atom stereocenters. The molecule has 1 fully saturated rings. The van der Waals surface area contributed by atoms with Crippen molar-refractivity contribution in [2.24, 2.45) is 0 Å². The van der Waals surface area contributed by atoms with Gasteiger partial charge in [-0.05, 0) is 30.7 Å². The highest BCUT2D eigenvalue weighted by atomic mass is 35.5. The van der Waals surface area contributed by atoms with Gasteiger partial charge in [-0.15, -0.1) is 0 Å². The Morgan fingerprint density at radius 2 is 2.07 bits per heavy atom. The van der Waals surface area contributed by atoms with Crippen molar-refractivity contribution in [2.75, 3.05) is 18.0 Å². The van der Waals surface area contributed by atoms with E-state index in [2.05, 4.69) is 10.3 Å². The molecule has 1 aromatic heterocycles. The number of hydrogen-bond donors (Lipinski definition) is 1. The van der Waals surface area contributed by atoms with Crippen LogP contribution in [0, 0.1) is 0 Å². The fourth-order valence-corrected chi connectivity index (χ4v) is 3.20. The lowest BCUT2D eigenvalue weighted by atomic mass is 10.1. The van der Waals surface area contributed by atoms with E-state index in [1.54, 1.807) is 29.2 Å². The summed E-state index contributed by atoms with van der Waals surface area (Å²) in [6.45, 7) is 0.784. The van der Waals surface area contributed by atoms with Gasteiger partial charge in [-0.3, -0.25) is 14.6 Å². The van der Waals surface area contributed by atoms with Crippen LogP contribution in [0.2, 0.25) is 5.02 Å². The van der Waals surface area contributed by atoms with Gasteiger partial charge in [-0.25, -0.2) is 0 Å². The van der Waals surface area contributed by atoms with Gasteiger partial charge >= 0.3 is 6.18 Å². The van der Waals surface area contributed by atoms with E-state index in [1.165, 1.54) is 0 Å². The van der Waals surface area contributed by atoms with E-state index in [0.717, 1.165) is 18.7 Å². The summed E-state index contributed by atoms with van der Waals surface area (Å²) in [7, 11) is 0. The van der Waals surface area contributed by atoms with E-state index >= 15 is 0 Å². The molecule has 0 saturated carbocycles. The lowest BCUT2D eigenvalue weighted by molar-refractivity contribution is -0.137. The zero-order chi connectivity index (χ0) is 20.3. The normalized spacial score (nSPS) is 14.4. The van der Waals surface area contributed by atoms with E-state index in [4.69, 9.17) is 11.6 Å². The van der Waals surface area contributed by atoms with Crippen molar-refractivity contribution in [2.45, 2.75) is 25.4 Å². The summed E-state index contributed by atoms with van der Waals surface area (Å²) in [5.41, 5.74) is 0.413. The van der Waals surface area contributed by atoms with Gasteiger partial charge in [-0.1, -0.05) is 17.7 Å². The molecule has 2 heterocycles. The van der Waals surface area contributed by atoms with Gasteiger partial charge in [0, 0.05) is 43.4 Å². The van der Waals surface area contributed by atoms with Crippen LogP contribution in [0.25, 0.3) is 0 Å². The number of alkyl halides is 3. The molecule has 1 N–H and O–H groups in total. The third kappa shape index (κ3) is 4.62. The van der Waals surface area contributed by atoms with Crippen molar-refractivity contribution >= 4 is 29.1 Å². The van der Waals surface area contributed by atoms with Crippen LogP contribution in [0.5, 0.6) is 0 Å². The molecule has 0 atom stereocenters. The van der Waals surface area contributed by atoms with E-state index in [9.17, 15) is 22.8 Å². The average molecular weight is 412 g/mol. The highest BCUT2D eigenvalue weighted by Crippen LogP contribution is 2.31. The average Bonchev–Trinajstić information content (AvgIpc) is 3.08. The largest absolute Gasteiger partial charge is 0.417 e. The topological polar surface area (TPSA) is 62.3 Å². The molecule has 9 heteroatoms. The van der Waals surface area contributed by atoms with Crippen LogP contribution in [-0.4, -0.2) is 29.9 Å². The molecule has 1 aliphatic heterocycles. The standard InChI is InChI=1S/C19H17ClF3N3O2/c20-15-10-13(19(21,22)23)11-25-16(15)6-7-24-18(28)12-3-1-4-14(9-12)26-8-2-5-17(26)27/h1,3-4,9-11H,2,5-8H2,(H,24,28). The Morgan fingerprint density at radius 1 is 1.29 bits per heavy atom. The maximum Gasteiger partial charge on any atom is 0.417 e. The molecule has 0 radical (unpaired) electrons. The van der Waals surface area contributed by atoms with Gasteiger partial charge in [0.25, 0.3) is 5.91 Å². The molecule has 0 aliphatic carbocycles. The van der Waals surface area contributed by atoms with Crippen LogP contribution < -0.4 is 10.2 Å². The Balaban J connectivity index is 1.60. The summed E-state index contributed by atoms with van der Waals surface area (Å²) in [4.78, 5) is 29.6. The lowest BCUT2D eigenvalue weighted by Gasteiger charge is -2.16. The van der Waals surface area contributed by atoms with Crippen molar-refractivity contribution in [1.82, 2.24) is 10.3 Å². The molecule has 2 amide bonds. The molecule has 0 bridgehead atoms. The van der Waals surface area contributed by atoms with Gasteiger partial charge in [0.15, 0.2) is 0 Å². The van der Waals surface area contributed by atoms with Crippen LogP contribution >= 0.6 is 11.6 Å². The molecule has 5 nitrogen and oxygen atoms in total. The van der Waals surface area contributed by atoms with Crippen molar-refractivity contribution in [3.63, 3.8) is 0 Å². The van der Waals surface area contributed by atoms with Crippen LogP contribution in [0.3, 0.4) is 0 Å². The summed E-state index contributed by atoms with van der Waals surface area (Å²) >= 11 is 5.86. The van der Waals surface area contributed by atoms with Crippen LogP contribution in [0.1, 0.15) is 34.5 Å². The minimum absolute atomic E-state index is 0.0283. The third-order valence-corrected chi connectivity index (χ3v) is 4.71. The number of nitrogens with zero attached hydrogens (tertiary/aromatic N) is 2. The van der Waals surface area contributed by atoms with Crippen LogP contribution in [0.4, 0.5) is 18.9 Å². The summed E-state index contributed by atoms with van der Waals surface area (Å²) < 4.78 is 37.9. The highest BCUT2D eigenvalue weighted by Gasteiger charge is 2.31. The number of hydrogen-bond acceptors (Lipinski definition) is 3. The molecule has 148 valence electrons. The number of pyridine rings is 1.